The van der Waals surface area contributed by atoms with Gasteiger partial charge in [0.15, 0.2) is 17.6 Å². The Balaban J connectivity index is 1.64. The SMILES string of the molecule is COc1ccc(CN(C)C(=O)[C@H]2CN(c3ncccn3)CCO2)cc1OC. The standard InChI is InChI=1S/C19H24N4O4/c1-22(12-14-5-6-15(25-2)16(11-14)26-3)18(24)17-13-23(9-10-27-17)19-20-7-4-8-21-19/h4-8,11,17H,9-10,12-13H2,1-3H3/t17-/m1/s1. The Bertz CT molecular complexity index is 772. The molecule has 1 aliphatic rings. The van der Waals surface area contributed by atoms with Crippen molar-refractivity contribution in [3.05, 3.63) is 42.2 Å². The van der Waals surface area contributed by atoms with Crippen LogP contribution in [0.1, 0.15) is 5.56 Å². The molecule has 0 unspecified atom stereocenters. The number of benzene rings is 1. The highest BCUT2D eigenvalue weighted by molar-refractivity contribution is 5.81. The molecule has 0 radical (unpaired) electrons. The summed E-state index contributed by atoms with van der Waals surface area (Å²) in [5.74, 6) is 1.83. The number of methoxy groups -OCH3 is 2. The van der Waals surface area contributed by atoms with Gasteiger partial charge >= 0.3 is 0 Å². The minimum atomic E-state index is -0.548. The highest BCUT2D eigenvalue weighted by Gasteiger charge is 2.30. The van der Waals surface area contributed by atoms with Gasteiger partial charge in [0.05, 0.1) is 27.4 Å². The summed E-state index contributed by atoms with van der Waals surface area (Å²) in [6.45, 7) is 1.99. The molecule has 1 aromatic carbocycles. The Morgan fingerprint density at radius 1 is 1.26 bits per heavy atom. The molecule has 0 saturated carbocycles. The molecule has 0 aliphatic carbocycles. The fourth-order valence-corrected chi connectivity index (χ4v) is 3.01. The van der Waals surface area contributed by atoms with E-state index in [9.17, 15) is 4.79 Å². The van der Waals surface area contributed by atoms with Gasteiger partial charge in [-0.05, 0) is 23.8 Å². The number of likely N-dealkylation sites (N-methyl/N-ethyl adjacent to an activating group) is 1. The summed E-state index contributed by atoms with van der Waals surface area (Å²) < 4.78 is 16.3. The molecule has 3 rings (SSSR count). The van der Waals surface area contributed by atoms with Crippen molar-refractivity contribution in [2.45, 2.75) is 12.6 Å². The van der Waals surface area contributed by atoms with Crippen LogP contribution in [-0.2, 0) is 16.1 Å². The first-order valence-corrected chi connectivity index (χ1v) is 8.72. The van der Waals surface area contributed by atoms with Crippen molar-refractivity contribution in [3.63, 3.8) is 0 Å². The van der Waals surface area contributed by atoms with Crippen molar-refractivity contribution < 1.29 is 19.0 Å². The van der Waals surface area contributed by atoms with Gasteiger partial charge < -0.3 is 24.0 Å². The van der Waals surface area contributed by atoms with E-state index in [2.05, 4.69) is 9.97 Å². The zero-order valence-electron chi connectivity index (χ0n) is 15.8. The van der Waals surface area contributed by atoms with Crippen molar-refractivity contribution in [2.24, 2.45) is 0 Å². The highest BCUT2D eigenvalue weighted by Crippen LogP contribution is 2.28. The van der Waals surface area contributed by atoms with Gasteiger partial charge in [-0.1, -0.05) is 6.07 Å². The zero-order chi connectivity index (χ0) is 19.2. The number of morpholine rings is 1. The molecule has 1 amide bonds. The van der Waals surface area contributed by atoms with Crippen LogP contribution in [0.15, 0.2) is 36.7 Å². The molecule has 8 nitrogen and oxygen atoms in total. The van der Waals surface area contributed by atoms with Crippen molar-refractivity contribution in [3.8, 4) is 11.5 Å². The first-order chi connectivity index (χ1) is 13.1. The number of amides is 1. The van der Waals surface area contributed by atoms with E-state index in [1.54, 1.807) is 44.6 Å². The molecule has 144 valence electrons. The Kier molecular flexibility index (Phi) is 6.08. The molecule has 1 aliphatic heterocycles. The maximum atomic E-state index is 12.8. The molecule has 1 aromatic heterocycles. The number of carbonyl (C=O) groups is 1. The van der Waals surface area contributed by atoms with Crippen LogP contribution in [0.5, 0.6) is 11.5 Å². The van der Waals surface area contributed by atoms with Crippen molar-refractivity contribution in [2.75, 3.05) is 45.9 Å². The van der Waals surface area contributed by atoms with Gasteiger partial charge in [-0.3, -0.25) is 4.79 Å². The smallest absolute Gasteiger partial charge is 0.253 e. The first kappa shape index (κ1) is 18.9. The molecule has 1 fully saturated rings. The lowest BCUT2D eigenvalue weighted by molar-refractivity contribution is -0.143. The van der Waals surface area contributed by atoms with Gasteiger partial charge in [-0.2, -0.15) is 0 Å². The van der Waals surface area contributed by atoms with E-state index >= 15 is 0 Å². The van der Waals surface area contributed by atoms with E-state index in [4.69, 9.17) is 14.2 Å². The van der Waals surface area contributed by atoms with Gasteiger partial charge in [-0.25, -0.2) is 9.97 Å². The normalized spacial score (nSPS) is 16.7. The topological polar surface area (TPSA) is 77.0 Å². The van der Waals surface area contributed by atoms with E-state index in [1.165, 1.54) is 0 Å². The van der Waals surface area contributed by atoms with Crippen LogP contribution in [0.2, 0.25) is 0 Å². The fraction of sp³-hybridized carbons (Fsp3) is 0.421. The summed E-state index contributed by atoms with van der Waals surface area (Å²) in [6.07, 6.45) is 2.84. The van der Waals surface area contributed by atoms with Crippen LogP contribution in [0.3, 0.4) is 0 Å². The Morgan fingerprint density at radius 3 is 2.70 bits per heavy atom. The lowest BCUT2D eigenvalue weighted by atomic mass is 10.1. The van der Waals surface area contributed by atoms with E-state index in [1.807, 2.05) is 23.1 Å². The maximum Gasteiger partial charge on any atom is 0.253 e. The quantitative estimate of drug-likeness (QED) is 0.758. The van der Waals surface area contributed by atoms with Crippen LogP contribution >= 0.6 is 0 Å². The second-order valence-corrected chi connectivity index (χ2v) is 6.24. The van der Waals surface area contributed by atoms with Crippen molar-refractivity contribution in [1.82, 2.24) is 14.9 Å². The van der Waals surface area contributed by atoms with Crippen LogP contribution in [-0.4, -0.2) is 67.8 Å². The first-order valence-electron chi connectivity index (χ1n) is 8.72. The molecule has 2 heterocycles. The predicted molar refractivity (Wildman–Crippen MR) is 100 cm³/mol. The van der Waals surface area contributed by atoms with Gasteiger partial charge in [0, 0.05) is 32.5 Å². The van der Waals surface area contributed by atoms with Crippen LogP contribution in [0.25, 0.3) is 0 Å². The van der Waals surface area contributed by atoms with Crippen LogP contribution < -0.4 is 14.4 Å². The minimum absolute atomic E-state index is 0.0783. The summed E-state index contributed by atoms with van der Waals surface area (Å²) >= 11 is 0. The molecule has 8 heteroatoms. The lowest BCUT2D eigenvalue weighted by Crippen LogP contribution is -2.50. The number of hydrogen-bond acceptors (Lipinski definition) is 7. The molecule has 0 N–H and O–H groups in total. The number of nitrogens with zero attached hydrogens (tertiary/aromatic N) is 4. The summed E-state index contributed by atoms with van der Waals surface area (Å²) in [5, 5.41) is 0. The summed E-state index contributed by atoms with van der Waals surface area (Å²) in [4.78, 5) is 25.0. The highest BCUT2D eigenvalue weighted by atomic mass is 16.5. The van der Waals surface area contributed by atoms with Crippen LogP contribution in [0.4, 0.5) is 5.95 Å². The van der Waals surface area contributed by atoms with E-state index < -0.39 is 6.10 Å². The minimum Gasteiger partial charge on any atom is -0.493 e. The molecule has 0 bridgehead atoms. The molecule has 1 saturated heterocycles. The largest absolute Gasteiger partial charge is 0.493 e. The second-order valence-electron chi connectivity index (χ2n) is 6.24. The average Bonchev–Trinajstić information content (AvgIpc) is 2.73. The molecular weight excluding hydrogens is 348 g/mol. The monoisotopic (exact) mass is 372 g/mol. The van der Waals surface area contributed by atoms with Gasteiger partial charge in [0.2, 0.25) is 5.95 Å². The van der Waals surface area contributed by atoms with Crippen molar-refractivity contribution >= 4 is 11.9 Å². The predicted octanol–water partition coefficient (Wildman–Crippen LogP) is 1.36. The summed E-state index contributed by atoms with van der Waals surface area (Å²) in [5.41, 5.74) is 0.947. The zero-order valence-corrected chi connectivity index (χ0v) is 15.8. The van der Waals surface area contributed by atoms with Gasteiger partial charge in [-0.15, -0.1) is 0 Å². The summed E-state index contributed by atoms with van der Waals surface area (Å²) in [6, 6.07) is 7.38. The molecule has 1 atom stereocenters. The Morgan fingerprint density at radius 2 is 2.00 bits per heavy atom. The summed E-state index contributed by atoms with van der Waals surface area (Å²) in [7, 11) is 4.95. The number of carbonyl (C=O) groups excluding carboxylic acids is 1. The van der Waals surface area contributed by atoms with E-state index in [0.29, 0.717) is 43.7 Å². The lowest BCUT2D eigenvalue weighted by Gasteiger charge is -2.34. The van der Waals surface area contributed by atoms with Gasteiger partial charge in [0.25, 0.3) is 5.91 Å². The fourth-order valence-electron chi connectivity index (χ4n) is 3.01. The maximum absolute atomic E-state index is 12.8. The molecular formula is C19H24N4O4. The number of aromatic nitrogens is 2. The number of rotatable bonds is 6. The average molecular weight is 372 g/mol. The second kappa shape index (κ2) is 8.68. The Labute approximate surface area is 158 Å². The van der Waals surface area contributed by atoms with Crippen LogP contribution in [0, 0.1) is 0 Å². The third kappa shape index (κ3) is 4.46. The molecule has 2 aromatic rings. The number of ether oxygens (including phenoxy) is 3. The van der Waals surface area contributed by atoms with E-state index in [0.717, 1.165) is 5.56 Å². The number of hydrogen-bond donors (Lipinski definition) is 0. The molecule has 0 spiro atoms. The molecule has 27 heavy (non-hydrogen) atoms. The van der Waals surface area contributed by atoms with Gasteiger partial charge in [0.1, 0.15) is 0 Å². The van der Waals surface area contributed by atoms with Crippen molar-refractivity contribution in [1.29, 1.82) is 0 Å². The number of anilines is 1. The third-order valence-electron chi connectivity index (χ3n) is 4.42. The Hall–Kier alpha value is -2.87. The van der Waals surface area contributed by atoms with E-state index in [-0.39, 0.29) is 5.91 Å². The third-order valence-corrected chi connectivity index (χ3v) is 4.42.